The van der Waals surface area contributed by atoms with Gasteiger partial charge in [0.25, 0.3) is 0 Å². The predicted octanol–water partition coefficient (Wildman–Crippen LogP) is 4.93. The lowest BCUT2D eigenvalue weighted by atomic mass is 10.1. The molecule has 3 aromatic rings. The lowest BCUT2D eigenvalue weighted by molar-refractivity contribution is 1.14. The van der Waals surface area contributed by atoms with Gasteiger partial charge in [0.1, 0.15) is 5.01 Å². The van der Waals surface area contributed by atoms with Crippen molar-refractivity contribution in [2.45, 2.75) is 20.3 Å². The summed E-state index contributed by atoms with van der Waals surface area (Å²) in [7, 11) is 0. The zero-order chi connectivity index (χ0) is 14.8. The van der Waals surface area contributed by atoms with Crippen LogP contribution in [0.5, 0.6) is 0 Å². The average Bonchev–Trinajstić information content (AvgIpc) is 3.00. The third kappa shape index (κ3) is 2.83. The lowest BCUT2D eigenvalue weighted by Crippen LogP contribution is -1.89. The maximum atomic E-state index is 5.87. The summed E-state index contributed by atoms with van der Waals surface area (Å²) in [4.78, 5) is 4.75. The Morgan fingerprint density at radius 1 is 1.05 bits per heavy atom. The molecule has 0 saturated heterocycles. The molecule has 21 heavy (non-hydrogen) atoms. The molecule has 0 saturated carbocycles. The molecule has 3 heteroatoms. The first-order valence-corrected chi connectivity index (χ1v) is 7.96. The predicted molar refractivity (Wildman–Crippen MR) is 91.5 cm³/mol. The number of benzene rings is 2. The normalized spacial score (nSPS) is 10.8. The molecule has 0 atom stereocenters. The minimum atomic E-state index is 0.825. The van der Waals surface area contributed by atoms with E-state index < -0.39 is 0 Å². The van der Waals surface area contributed by atoms with Crippen molar-refractivity contribution in [2.24, 2.45) is 0 Å². The van der Waals surface area contributed by atoms with E-state index in [0.29, 0.717) is 0 Å². The van der Waals surface area contributed by atoms with Crippen LogP contribution in [0.4, 0.5) is 5.69 Å². The van der Waals surface area contributed by atoms with Crippen LogP contribution in [0, 0.1) is 6.92 Å². The number of aromatic nitrogens is 1. The molecule has 0 amide bonds. The van der Waals surface area contributed by atoms with Crippen molar-refractivity contribution >= 4 is 17.0 Å². The third-order valence-electron chi connectivity index (χ3n) is 3.68. The maximum absolute atomic E-state index is 5.87. The van der Waals surface area contributed by atoms with Gasteiger partial charge in [0.15, 0.2) is 0 Å². The maximum Gasteiger partial charge on any atom is 0.124 e. The quantitative estimate of drug-likeness (QED) is 0.696. The highest BCUT2D eigenvalue weighted by molar-refractivity contribution is 7.13. The van der Waals surface area contributed by atoms with Gasteiger partial charge in [-0.3, -0.25) is 0 Å². The van der Waals surface area contributed by atoms with Gasteiger partial charge in [-0.15, -0.1) is 11.3 Å². The SMILES string of the molecule is CCc1ccc(-c2csc(-c3ccc(N)c(C)c3)n2)cc1. The van der Waals surface area contributed by atoms with Crippen LogP contribution >= 0.6 is 11.3 Å². The molecule has 0 aliphatic carbocycles. The molecule has 0 aliphatic heterocycles. The van der Waals surface area contributed by atoms with E-state index in [1.165, 1.54) is 11.1 Å². The lowest BCUT2D eigenvalue weighted by Gasteiger charge is -2.02. The Kier molecular flexibility index (Phi) is 3.76. The van der Waals surface area contributed by atoms with E-state index in [1.54, 1.807) is 11.3 Å². The molecule has 0 unspecified atom stereocenters. The van der Waals surface area contributed by atoms with Crippen molar-refractivity contribution in [1.29, 1.82) is 0 Å². The zero-order valence-corrected chi connectivity index (χ0v) is 13.1. The number of aryl methyl sites for hydroxylation is 2. The smallest absolute Gasteiger partial charge is 0.124 e. The third-order valence-corrected chi connectivity index (χ3v) is 4.57. The van der Waals surface area contributed by atoms with Crippen LogP contribution in [-0.2, 0) is 6.42 Å². The number of nitrogens with zero attached hydrogens (tertiary/aromatic N) is 1. The van der Waals surface area contributed by atoms with E-state index >= 15 is 0 Å². The van der Waals surface area contributed by atoms with Gasteiger partial charge in [0.05, 0.1) is 5.69 Å². The van der Waals surface area contributed by atoms with Gasteiger partial charge in [0.2, 0.25) is 0 Å². The van der Waals surface area contributed by atoms with Gasteiger partial charge >= 0.3 is 0 Å². The average molecular weight is 294 g/mol. The summed E-state index contributed by atoms with van der Waals surface area (Å²) in [5.41, 5.74) is 12.5. The first kappa shape index (κ1) is 13.8. The molecule has 1 aromatic heterocycles. The van der Waals surface area contributed by atoms with Crippen molar-refractivity contribution < 1.29 is 0 Å². The van der Waals surface area contributed by atoms with E-state index in [4.69, 9.17) is 10.7 Å². The van der Waals surface area contributed by atoms with Crippen molar-refractivity contribution in [3.8, 4) is 21.8 Å². The molecule has 0 bridgehead atoms. The minimum absolute atomic E-state index is 0.825. The molecule has 2 nitrogen and oxygen atoms in total. The molecule has 106 valence electrons. The molecule has 3 rings (SSSR count). The van der Waals surface area contributed by atoms with E-state index in [-0.39, 0.29) is 0 Å². The van der Waals surface area contributed by atoms with Crippen LogP contribution in [0.25, 0.3) is 21.8 Å². The highest BCUT2D eigenvalue weighted by Gasteiger charge is 2.07. The Labute approximate surface area is 129 Å². The topological polar surface area (TPSA) is 38.9 Å². The van der Waals surface area contributed by atoms with Crippen molar-refractivity contribution in [3.63, 3.8) is 0 Å². The van der Waals surface area contributed by atoms with E-state index in [0.717, 1.165) is 33.9 Å². The molecule has 0 aliphatic rings. The monoisotopic (exact) mass is 294 g/mol. The number of nitrogen functional groups attached to an aromatic ring is 1. The largest absolute Gasteiger partial charge is 0.399 e. The number of rotatable bonds is 3. The number of anilines is 1. The van der Waals surface area contributed by atoms with Crippen molar-refractivity contribution in [3.05, 3.63) is 59.0 Å². The van der Waals surface area contributed by atoms with E-state index in [9.17, 15) is 0 Å². The van der Waals surface area contributed by atoms with Crippen LogP contribution in [0.3, 0.4) is 0 Å². The van der Waals surface area contributed by atoms with Crippen LogP contribution < -0.4 is 5.73 Å². The van der Waals surface area contributed by atoms with E-state index in [1.807, 2.05) is 19.1 Å². The summed E-state index contributed by atoms with van der Waals surface area (Å²) in [6, 6.07) is 14.7. The van der Waals surface area contributed by atoms with E-state index in [2.05, 4.69) is 42.6 Å². The number of hydrogen-bond donors (Lipinski definition) is 1. The van der Waals surface area contributed by atoms with Gasteiger partial charge in [-0.2, -0.15) is 0 Å². The Balaban J connectivity index is 1.93. The van der Waals surface area contributed by atoms with Crippen LogP contribution in [0.15, 0.2) is 47.8 Å². The first-order valence-electron chi connectivity index (χ1n) is 7.08. The molecule has 0 spiro atoms. The summed E-state index contributed by atoms with van der Waals surface area (Å²) in [5.74, 6) is 0. The fourth-order valence-electron chi connectivity index (χ4n) is 2.26. The van der Waals surface area contributed by atoms with Gasteiger partial charge in [0, 0.05) is 22.2 Å². The molecule has 0 fully saturated rings. The number of thiazole rings is 1. The zero-order valence-electron chi connectivity index (χ0n) is 12.3. The Hall–Kier alpha value is -2.13. The second-order valence-electron chi connectivity index (χ2n) is 5.16. The summed E-state index contributed by atoms with van der Waals surface area (Å²) in [5, 5.41) is 3.15. The highest BCUT2D eigenvalue weighted by Crippen LogP contribution is 2.30. The Bertz CT molecular complexity index is 757. The number of hydrogen-bond acceptors (Lipinski definition) is 3. The van der Waals surface area contributed by atoms with Crippen molar-refractivity contribution in [1.82, 2.24) is 4.98 Å². The van der Waals surface area contributed by atoms with Crippen LogP contribution in [0.2, 0.25) is 0 Å². The molecule has 2 N–H and O–H groups in total. The summed E-state index contributed by atoms with van der Waals surface area (Å²) in [6.45, 7) is 4.19. The molecular weight excluding hydrogens is 276 g/mol. The molecular formula is C18H18N2S. The standard InChI is InChI=1S/C18H18N2S/c1-3-13-4-6-14(7-5-13)17-11-21-18(20-17)15-8-9-16(19)12(2)10-15/h4-11H,3,19H2,1-2H3. The van der Waals surface area contributed by atoms with Crippen LogP contribution in [0.1, 0.15) is 18.1 Å². The van der Waals surface area contributed by atoms with Crippen molar-refractivity contribution in [2.75, 3.05) is 5.73 Å². The second kappa shape index (κ2) is 5.70. The molecule has 2 aromatic carbocycles. The summed E-state index contributed by atoms with van der Waals surface area (Å²) in [6.07, 6.45) is 1.06. The minimum Gasteiger partial charge on any atom is -0.399 e. The summed E-state index contributed by atoms with van der Waals surface area (Å²) < 4.78 is 0. The Morgan fingerprint density at radius 3 is 2.43 bits per heavy atom. The second-order valence-corrected chi connectivity index (χ2v) is 6.02. The summed E-state index contributed by atoms with van der Waals surface area (Å²) >= 11 is 1.67. The van der Waals surface area contributed by atoms with Gasteiger partial charge in [-0.1, -0.05) is 31.2 Å². The van der Waals surface area contributed by atoms with Gasteiger partial charge in [-0.05, 0) is 42.7 Å². The highest BCUT2D eigenvalue weighted by atomic mass is 32.1. The molecule has 0 radical (unpaired) electrons. The Morgan fingerprint density at radius 2 is 1.76 bits per heavy atom. The fraction of sp³-hybridized carbons (Fsp3) is 0.167. The first-order chi connectivity index (χ1) is 10.2. The number of nitrogens with two attached hydrogens (primary N) is 1. The van der Waals surface area contributed by atoms with Crippen LogP contribution in [-0.4, -0.2) is 4.98 Å². The molecule has 1 heterocycles. The van der Waals surface area contributed by atoms with Gasteiger partial charge in [-0.25, -0.2) is 4.98 Å². The van der Waals surface area contributed by atoms with Gasteiger partial charge < -0.3 is 5.73 Å². The fourth-order valence-corrected chi connectivity index (χ4v) is 3.09.